The second-order valence-electron chi connectivity index (χ2n) is 4.95. The standard InChI is InChI=1S/C14H17F2N3S/c1-9(2)8-17-7-6-12-18-19-14(20-12)10-4-3-5-11(15)13(10)16/h3-5,9,17H,6-8H2,1-2H3. The molecule has 6 heteroatoms. The summed E-state index contributed by atoms with van der Waals surface area (Å²) < 4.78 is 26.8. The van der Waals surface area contributed by atoms with Gasteiger partial charge in [-0.15, -0.1) is 10.2 Å². The van der Waals surface area contributed by atoms with Crippen LogP contribution in [0.5, 0.6) is 0 Å². The number of hydrogen-bond acceptors (Lipinski definition) is 4. The zero-order valence-corrected chi connectivity index (χ0v) is 12.3. The topological polar surface area (TPSA) is 37.8 Å². The highest BCUT2D eigenvalue weighted by Gasteiger charge is 2.14. The summed E-state index contributed by atoms with van der Waals surface area (Å²) >= 11 is 1.30. The van der Waals surface area contributed by atoms with Crippen LogP contribution in [0, 0.1) is 17.6 Å². The Kier molecular flexibility index (Phi) is 5.14. The van der Waals surface area contributed by atoms with E-state index < -0.39 is 11.6 Å². The van der Waals surface area contributed by atoms with Crippen LogP contribution in [-0.2, 0) is 6.42 Å². The van der Waals surface area contributed by atoms with Crippen LogP contribution >= 0.6 is 11.3 Å². The Morgan fingerprint density at radius 3 is 2.80 bits per heavy atom. The van der Waals surface area contributed by atoms with Crippen LogP contribution in [0.3, 0.4) is 0 Å². The first kappa shape index (κ1) is 15.0. The monoisotopic (exact) mass is 297 g/mol. The number of aromatic nitrogens is 2. The summed E-state index contributed by atoms with van der Waals surface area (Å²) in [5.41, 5.74) is 0.170. The lowest BCUT2D eigenvalue weighted by Crippen LogP contribution is -2.22. The fraction of sp³-hybridized carbons (Fsp3) is 0.429. The highest BCUT2D eigenvalue weighted by molar-refractivity contribution is 7.14. The van der Waals surface area contributed by atoms with E-state index >= 15 is 0 Å². The molecule has 2 aromatic rings. The van der Waals surface area contributed by atoms with Gasteiger partial charge in [-0.3, -0.25) is 0 Å². The van der Waals surface area contributed by atoms with Crippen LogP contribution in [-0.4, -0.2) is 23.3 Å². The minimum atomic E-state index is -0.867. The SMILES string of the molecule is CC(C)CNCCc1nnc(-c2cccc(F)c2F)s1. The van der Waals surface area contributed by atoms with Crippen molar-refractivity contribution >= 4 is 11.3 Å². The van der Waals surface area contributed by atoms with Crippen molar-refractivity contribution in [1.29, 1.82) is 0 Å². The first-order valence-corrected chi connectivity index (χ1v) is 7.37. The summed E-state index contributed by atoms with van der Waals surface area (Å²) in [4.78, 5) is 0. The second-order valence-corrected chi connectivity index (χ2v) is 6.01. The summed E-state index contributed by atoms with van der Waals surface area (Å²) in [6.07, 6.45) is 0.737. The Labute approximate surface area is 121 Å². The smallest absolute Gasteiger partial charge is 0.169 e. The van der Waals surface area contributed by atoms with Crippen molar-refractivity contribution in [2.75, 3.05) is 13.1 Å². The second kappa shape index (κ2) is 6.85. The predicted octanol–water partition coefficient (Wildman–Crippen LogP) is 3.27. The van der Waals surface area contributed by atoms with Crippen molar-refractivity contribution in [3.8, 4) is 10.6 Å². The van der Waals surface area contributed by atoms with E-state index in [2.05, 4.69) is 29.4 Å². The van der Waals surface area contributed by atoms with Gasteiger partial charge in [-0.2, -0.15) is 0 Å². The summed E-state index contributed by atoms with van der Waals surface area (Å²) in [7, 11) is 0. The van der Waals surface area contributed by atoms with Crippen molar-refractivity contribution in [1.82, 2.24) is 15.5 Å². The van der Waals surface area contributed by atoms with Gasteiger partial charge < -0.3 is 5.32 Å². The summed E-state index contributed by atoms with van der Waals surface area (Å²) in [5, 5.41) is 12.5. The highest BCUT2D eigenvalue weighted by Crippen LogP contribution is 2.27. The maximum atomic E-state index is 13.6. The molecule has 0 unspecified atom stereocenters. The molecule has 0 aliphatic rings. The molecular formula is C14H17F2N3S. The number of nitrogens with one attached hydrogen (secondary N) is 1. The lowest BCUT2D eigenvalue weighted by molar-refractivity contribution is 0.511. The van der Waals surface area contributed by atoms with Gasteiger partial charge in [0.05, 0.1) is 5.56 Å². The van der Waals surface area contributed by atoms with E-state index in [1.54, 1.807) is 0 Å². The van der Waals surface area contributed by atoms with E-state index in [0.29, 0.717) is 10.9 Å². The number of halogens is 2. The molecule has 108 valence electrons. The number of rotatable bonds is 6. The largest absolute Gasteiger partial charge is 0.316 e. The zero-order chi connectivity index (χ0) is 14.5. The van der Waals surface area contributed by atoms with Crippen LogP contribution in [0.1, 0.15) is 18.9 Å². The Balaban J connectivity index is 2.00. The number of nitrogens with zero attached hydrogens (tertiary/aromatic N) is 2. The molecule has 1 N–H and O–H groups in total. The first-order valence-electron chi connectivity index (χ1n) is 6.55. The van der Waals surface area contributed by atoms with Crippen LogP contribution in [0.4, 0.5) is 8.78 Å². The molecule has 3 nitrogen and oxygen atoms in total. The molecule has 0 atom stereocenters. The van der Waals surface area contributed by atoms with Gasteiger partial charge in [-0.05, 0) is 24.6 Å². The average Bonchev–Trinajstić information content (AvgIpc) is 2.86. The van der Waals surface area contributed by atoms with Crippen LogP contribution in [0.15, 0.2) is 18.2 Å². The van der Waals surface area contributed by atoms with Crippen LogP contribution < -0.4 is 5.32 Å². The van der Waals surface area contributed by atoms with Crippen LogP contribution in [0.2, 0.25) is 0 Å². The summed E-state index contributed by atoms with van der Waals surface area (Å²) in [6.45, 7) is 6.04. The number of benzene rings is 1. The Hall–Kier alpha value is -1.40. The highest BCUT2D eigenvalue weighted by atomic mass is 32.1. The average molecular weight is 297 g/mol. The van der Waals surface area contributed by atoms with Crippen LogP contribution in [0.25, 0.3) is 10.6 Å². The quantitative estimate of drug-likeness (QED) is 0.832. The first-order chi connectivity index (χ1) is 9.58. The molecule has 2 rings (SSSR count). The van der Waals surface area contributed by atoms with Gasteiger partial charge >= 0.3 is 0 Å². The lowest BCUT2D eigenvalue weighted by atomic mass is 10.2. The van der Waals surface area contributed by atoms with Gasteiger partial charge in [0.1, 0.15) is 5.01 Å². The van der Waals surface area contributed by atoms with Gasteiger partial charge in [0.2, 0.25) is 0 Å². The van der Waals surface area contributed by atoms with E-state index in [-0.39, 0.29) is 5.56 Å². The predicted molar refractivity (Wildman–Crippen MR) is 76.7 cm³/mol. The third kappa shape index (κ3) is 3.80. The molecule has 0 bridgehead atoms. The molecule has 0 amide bonds. The third-order valence-corrected chi connectivity index (χ3v) is 3.73. The summed E-state index contributed by atoms with van der Waals surface area (Å²) in [5.74, 6) is -1.13. The normalized spacial score (nSPS) is 11.2. The maximum Gasteiger partial charge on any atom is 0.169 e. The third-order valence-electron chi connectivity index (χ3n) is 2.72. The van der Waals surface area contributed by atoms with Gasteiger partial charge in [0, 0.05) is 13.0 Å². The maximum absolute atomic E-state index is 13.6. The molecule has 1 heterocycles. The van der Waals surface area contributed by atoms with Crippen molar-refractivity contribution in [3.05, 3.63) is 34.8 Å². The van der Waals surface area contributed by atoms with Gasteiger partial charge in [0.15, 0.2) is 16.6 Å². The van der Waals surface area contributed by atoms with E-state index in [1.165, 1.54) is 23.5 Å². The van der Waals surface area contributed by atoms with Crippen molar-refractivity contribution in [2.24, 2.45) is 5.92 Å². The van der Waals surface area contributed by atoms with Gasteiger partial charge in [-0.1, -0.05) is 31.3 Å². The molecule has 1 aromatic carbocycles. The van der Waals surface area contributed by atoms with Crippen molar-refractivity contribution in [3.63, 3.8) is 0 Å². The Morgan fingerprint density at radius 1 is 1.25 bits per heavy atom. The molecule has 1 aromatic heterocycles. The molecule has 0 fully saturated rings. The molecule has 0 saturated carbocycles. The van der Waals surface area contributed by atoms with Crippen molar-refractivity contribution in [2.45, 2.75) is 20.3 Å². The van der Waals surface area contributed by atoms with E-state index in [1.807, 2.05) is 0 Å². The molecule has 0 spiro atoms. The van der Waals surface area contributed by atoms with Crippen molar-refractivity contribution < 1.29 is 8.78 Å². The molecular weight excluding hydrogens is 280 g/mol. The zero-order valence-electron chi connectivity index (χ0n) is 11.5. The minimum absolute atomic E-state index is 0.170. The minimum Gasteiger partial charge on any atom is -0.316 e. The number of hydrogen-bond donors (Lipinski definition) is 1. The van der Waals surface area contributed by atoms with Gasteiger partial charge in [0.25, 0.3) is 0 Å². The van der Waals surface area contributed by atoms with E-state index in [0.717, 1.165) is 30.6 Å². The Bertz CT molecular complexity index is 569. The fourth-order valence-electron chi connectivity index (χ4n) is 1.72. The lowest BCUT2D eigenvalue weighted by Gasteiger charge is -2.05. The molecule has 0 aliphatic carbocycles. The molecule has 20 heavy (non-hydrogen) atoms. The summed E-state index contributed by atoms with van der Waals surface area (Å²) in [6, 6.07) is 4.08. The molecule has 0 saturated heterocycles. The molecule has 0 aliphatic heterocycles. The fourth-order valence-corrected chi connectivity index (χ4v) is 2.58. The van der Waals surface area contributed by atoms with E-state index in [4.69, 9.17) is 0 Å². The van der Waals surface area contributed by atoms with E-state index in [9.17, 15) is 8.78 Å². The van der Waals surface area contributed by atoms with Gasteiger partial charge in [-0.25, -0.2) is 8.78 Å². The molecule has 0 radical (unpaired) electrons. The Morgan fingerprint density at radius 2 is 2.05 bits per heavy atom.